The van der Waals surface area contributed by atoms with Gasteiger partial charge >= 0.3 is 5.97 Å². The molecule has 3 rings (SSSR count). The number of nitrogens with zero attached hydrogens (tertiary/aromatic N) is 1. The molecule has 0 saturated carbocycles. The molecule has 2 heterocycles. The van der Waals surface area contributed by atoms with Crippen molar-refractivity contribution >= 4 is 39.6 Å². The minimum Gasteiger partial charge on any atom is -0.465 e. The number of thiophene rings is 1. The number of methoxy groups -OCH3 is 1. The van der Waals surface area contributed by atoms with Crippen LogP contribution in [-0.4, -0.2) is 36.2 Å². The van der Waals surface area contributed by atoms with E-state index in [1.54, 1.807) is 11.3 Å². The highest BCUT2D eigenvalue weighted by molar-refractivity contribution is 7.80. The number of thiocarbonyl (C=S) groups is 1. The van der Waals surface area contributed by atoms with Gasteiger partial charge in [0.25, 0.3) is 0 Å². The lowest BCUT2D eigenvalue weighted by molar-refractivity contribution is 0.0603. The van der Waals surface area contributed by atoms with Gasteiger partial charge in [-0.3, -0.25) is 0 Å². The first-order valence-corrected chi connectivity index (χ1v) is 10.5. The molecule has 1 aliphatic rings. The van der Waals surface area contributed by atoms with Gasteiger partial charge in [-0.1, -0.05) is 44.2 Å². The number of carbonyl (C=O) groups excluding carboxylic acids is 1. The van der Waals surface area contributed by atoms with Crippen LogP contribution >= 0.6 is 23.6 Å². The van der Waals surface area contributed by atoms with Crippen molar-refractivity contribution in [1.29, 1.82) is 0 Å². The Kier molecular flexibility index (Phi) is 6.17. The van der Waals surface area contributed by atoms with E-state index in [0.29, 0.717) is 22.5 Å². The van der Waals surface area contributed by atoms with Crippen molar-refractivity contribution in [3.8, 4) is 11.1 Å². The molecule has 0 radical (unpaired) electrons. The average Bonchev–Trinajstić information content (AvgIpc) is 2.96. The van der Waals surface area contributed by atoms with Crippen molar-refractivity contribution in [2.24, 2.45) is 11.8 Å². The number of anilines is 1. The van der Waals surface area contributed by atoms with Crippen molar-refractivity contribution in [2.75, 3.05) is 25.5 Å². The molecule has 144 valence electrons. The van der Waals surface area contributed by atoms with E-state index >= 15 is 0 Å². The normalized spacial score (nSPS) is 19.6. The van der Waals surface area contributed by atoms with E-state index in [9.17, 15) is 4.79 Å². The minimum atomic E-state index is -0.344. The summed E-state index contributed by atoms with van der Waals surface area (Å²) in [5, 5.41) is 4.78. The smallest absolute Gasteiger partial charge is 0.341 e. The zero-order chi connectivity index (χ0) is 19.6. The van der Waals surface area contributed by atoms with Crippen molar-refractivity contribution in [2.45, 2.75) is 27.2 Å². The number of rotatable bonds is 3. The Bertz CT molecular complexity index is 822. The molecule has 0 spiro atoms. The van der Waals surface area contributed by atoms with Crippen LogP contribution in [-0.2, 0) is 4.74 Å². The molecular formula is C21H26N2O2S2. The summed E-state index contributed by atoms with van der Waals surface area (Å²) in [5.41, 5.74) is 2.48. The third-order valence-electron chi connectivity index (χ3n) is 4.91. The maximum absolute atomic E-state index is 12.6. The van der Waals surface area contributed by atoms with Crippen LogP contribution in [0, 0.1) is 18.8 Å². The standard InChI is InChI=1S/C21H26N2O2S2/c1-13-10-14(2)12-23(11-13)21(26)22-19-18(20(24)25-4)17(15(3)27-19)16-8-6-5-7-9-16/h5-9,13-14H,10-12H2,1-4H3,(H,22,26)/t13-,14-/m0/s1. The zero-order valence-corrected chi connectivity index (χ0v) is 17.9. The van der Waals surface area contributed by atoms with E-state index in [4.69, 9.17) is 17.0 Å². The first kappa shape index (κ1) is 19.8. The Morgan fingerprint density at radius 3 is 2.44 bits per heavy atom. The van der Waals surface area contributed by atoms with Crippen molar-refractivity contribution in [3.63, 3.8) is 0 Å². The second-order valence-corrected chi connectivity index (χ2v) is 8.99. The Morgan fingerprint density at radius 2 is 1.85 bits per heavy atom. The van der Waals surface area contributed by atoms with Crippen LogP contribution in [0.15, 0.2) is 30.3 Å². The van der Waals surface area contributed by atoms with Gasteiger partial charge in [-0.25, -0.2) is 4.79 Å². The van der Waals surface area contributed by atoms with Crippen LogP contribution in [0.3, 0.4) is 0 Å². The summed E-state index contributed by atoms with van der Waals surface area (Å²) in [5.74, 6) is 0.876. The van der Waals surface area contributed by atoms with Gasteiger partial charge in [0.2, 0.25) is 0 Å². The molecule has 0 unspecified atom stereocenters. The first-order valence-electron chi connectivity index (χ1n) is 9.23. The fourth-order valence-corrected chi connectivity index (χ4v) is 5.27. The lowest BCUT2D eigenvalue weighted by Crippen LogP contribution is -2.44. The fourth-order valence-electron chi connectivity index (χ4n) is 3.89. The SMILES string of the molecule is COC(=O)c1c(NC(=S)N2C[C@@H](C)C[C@H](C)C2)sc(C)c1-c1ccccc1. The molecule has 2 aromatic rings. The van der Waals surface area contributed by atoms with Crippen LogP contribution in [0.4, 0.5) is 5.00 Å². The molecule has 27 heavy (non-hydrogen) atoms. The summed E-state index contributed by atoms with van der Waals surface area (Å²) < 4.78 is 5.08. The summed E-state index contributed by atoms with van der Waals surface area (Å²) in [6, 6.07) is 9.94. The summed E-state index contributed by atoms with van der Waals surface area (Å²) >= 11 is 7.23. The zero-order valence-electron chi connectivity index (χ0n) is 16.2. The minimum absolute atomic E-state index is 0.344. The fraction of sp³-hybridized carbons (Fsp3) is 0.429. The Hall–Kier alpha value is -1.92. The number of likely N-dealkylation sites (tertiary alicyclic amines) is 1. The molecular weight excluding hydrogens is 376 g/mol. The summed E-state index contributed by atoms with van der Waals surface area (Å²) in [7, 11) is 1.42. The second kappa shape index (κ2) is 8.40. The molecule has 6 heteroatoms. The second-order valence-electron chi connectivity index (χ2n) is 7.38. The highest BCUT2D eigenvalue weighted by Crippen LogP contribution is 2.40. The van der Waals surface area contributed by atoms with Crippen LogP contribution in [0.25, 0.3) is 11.1 Å². The van der Waals surface area contributed by atoms with Gasteiger partial charge in [0.15, 0.2) is 5.11 Å². The van der Waals surface area contributed by atoms with E-state index in [1.807, 2.05) is 37.3 Å². The average molecular weight is 403 g/mol. The molecule has 1 fully saturated rings. The monoisotopic (exact) mass is 402 g/mol. The van der Waals surface area contributed by atoms with Gasteiger partial charge in [-0.2, -0.15) is 0 Å². The summed E-state index contributed by atoms with van der Waals surface area (Å²) in [6.07, 6.45) is 1.22. The molecule has 0 bridgehead atoms. The van der Waals surface area contributed by atoms with Crippen LogP contribution in [0.5, 0.6) is 0 Å². The molecule has 1 N–H and O–H groups in total. The van der Waals surface area contributed by atoms with E-state index in [-0.39, 0.29) is 5.97 Å². The van der Waals surface area contributed by atoms with Gasteiger partial charge in [0.05, 0.1) is 7.11 Å². The van der Waals surface area contributed by atoms with Gasteiger partial charge < -0.3 is 15.0 Å². The van der Waals surface area contributed by atoms with Gasteiger partial charge in [-0.15, -0.1) is 11.3 Å². The maximum atomic E-state index is 12.6. The Labute approximate surface area is 170 Å². The predicted octanol–water partition coefficient (Wildman–Crippen LogP) is 5.18. The number of esters is 1. The van der Waals surface area contributed by atoms with E-state index in [0.717, 1.165) is 34.1 Å². The highest BCUT2D eigenvalue weighted by atomic mass is 32.1. The van der Waals surface area contributed by atoms with Crippen LogP contribution in [0.2, 0.25) is 0 Å². The third kappa shape index (κ3) is 4.33. The maximum Gasteiger partial charge on any atom is 0.341 e. The van der Waals surface area contributed by atoms with E-state index in [2.05, 4.69) is 24.1 Å². The largest absolute Gasteiger partial charge is 0.465 e. The highest BCUT2D eigenvalue weighted by Gasteiger charge is 2.27. The number of hydrogen-bond acceptors (Lipinski definition) is 4. The Morgan fingerprint density at radius 1 is 1.22 bits per heavy atom. The molecule has 1 aliphatic heterocycles. The molecule has 1 saturated heterocycles. The summed E-state index contributed by atoms with van der Waals surface area (Å²) in [6.45, 7) is 8.43. The quantitative estimate of drug-likeness (QED) is 0.566. The molecule has 1 aromatic carbocycles. The topological polar surface area (TPSA) is 41.6 Å². The molecule has 4 nitrogen and oxygen atoms in total. The number of benzene rings is 1. The van der Waals surface area contributed by atoms with Crippen molar-refractivity contribution < 1.29 is 9.53 Å². The third-order valence-corrected chi connectivity index (χ3v) is 6.29. The number of carbonyl (C=O) groups is 1. The number of aryl methyl sites for hydroxylation is 1. The van der Waals surface area contributed by atoms with Crippen molar-refractivity contribution in [1.82, 2.24) is 4.90 Å². The number of hydrogen-bond donors (Lipinski definition) is 1. The molecule has 1 aromatic heterocycles. The van der Waals surface area contributed by atoms with Gasteiger partial charge in [0, 0.05) is 23.5 Å². The molecule has 0 amide bonds. The van der Waals surface area contributed by atoms with E-state index < -0.39 is 0 Å². The summed E-state index contributed by atoms with van der Waals surface area (Å²) in [4.78, 5) is 15.9. The van der Waals surface area contributed by atoms with Gasteiger partial charge in [0.1, 0.15) is 10.6 Å². The van der Waals surface area contributed by atoms with Crippen LogP contribution in [0.1, 0.15) is 35.5 Å². The number of ether oxygens (including phenoxy) is 1. The Balaban J connectivity index is 1.94. The lowest BCUT2D eigenvalue weighted by Gasteiger charge is -2.36. The van der Waals surface area contributed by atoms with Gasteiger partial charge in [-0.05, 0) is 43.0 Å². The first-order chi connectivity index (χ1) is 12.9. The number of nitrogens with one attached hydrogen (secondary N) is 1. The number of piperidine rings is 1. The van der Waals surface area contributed by atoms with E-state index in [1.165, 1.54) is 13.5 Å². The molecule has 2 atom stereocenters. The molecule has 0 aliphatic carbocycles. The lowest BCUT2D eigenvalue weighted by atomic mass is 9.92. The van der Waals surface area contributed by atoms with Crippen molar-refractivity contribution in [3.05, 3.63) is 40.8 Å². The van der Waals surface area contributed by atoms with Crippen LogP contribution < -0.4 is 5.32 Å². The predicted molar refractivity (Wildman–Crippen MR) is 117 cm³/mol.